The molecule has 4 N–H and O–H groups in total. The van der Waals surface area contributed by atoms with Gasteiger partial charge >= 0.3 is 18.0 Å². The summed E-state index contributed by atoms with van der Waals surface area (Å²) in [6, 6.07) is 4.84. The molecule has 0 heterocycles. The van der Waals surface area contributed by atoms with Gasteiger partial charge in [-0.1, -0.05) is 24.3 Å². The number of nitrogen functional groups attached to an aromatic ring is 2. The van der Waals surface area contributed by atoms with Crippen LogP contribution >= 0.6 is 0 Å². The highest BCUT2D eigenvalue weighted by atomic mass is 19.4. The maximum Gasteiger partial charge on any atom is 0.457 e. The lowest BCUT2D eigenvalue weighted by atomic mass is 9.79. The van der Waals surface area contributed by atoms with Gasteiger partial charge in [-0.2, -0.15) is 30.7 Å². The van der Waals surface area contributed by atoms with E-state index in [-0.39, 0.29) is 11.4 Å². The van der Waals surface area contributed by atoms with Gasteiger partial charge in [-0.05, 0) is 24.3 Å². The molecule has 0 spiro atoms. The zero-order chi connectivity index (χ0) is 20.0. The molecule has 0 fully saturated rings. The third-order valence-electron chi connectivity index (χ3n) is 3.80. The van der Waals surface area contributed by atoms with Crippen molar-refractivity contribution in [2.24, 2.45) is 0 Å². The second kappa shape index (κ2) is 6.03. The molecule has 0 bridgehead atoms. The smallest absolute Gasteiger partial charge is 0.399 e. The highest BCUT2D eigenvalue weighted by Crippen LogP contribution is 2.61. The summed E-state index contributed by atoms with van der Waals surface area (Å²) >= 11 is 0. The fraction of sp³-hybridized carbons (Fsp3) is 0.250. The van der Waals surface area contributed by atoms with Crippen LogP contribution in [-0.4, -0.2) is 12.1 Å². The molecule has 0 aliphatic rings. The predicted octanol–water partition coefficient (Wildman–Crippen LogP) is 5.01. The van der Waals surface area contributed by atoms with Crippen molar-refractivity contribution in [3.05, 3.63) is 59.7 Å². The maximum atomic E-state index is 15.2. The third-order valence-corrected chi connectivity index (χ3v) is 3.80. The number of hydrogen-bond acceptors (Lipinski definition) is 2. The van der Waals surface area contributed by atoms with Crippen molar-refractivity contribution in [1.82, 2.24) is 0 Å². The van der Waals surface area contributed by atoms with E-state index in [1.165, 1.54) is 0 Å². The van der Waals surface area contributed by atoms with Gasteiger partial charge in [0.1, 0.15) is 0 Å². The van der Waals surface area contributed by atoms with Gasteiger partial charge in [-0.3, -0.25) is 0 Å². The second-order valence-corrected chi connectivity index (χ2v) is 5.55. The van der Waals surface area contributed by atoms with Crippen molar-refractivity contribution >= 4 is 11.4 Å². The summed E-state index contributed by atoms with van der Waals surface area (Å²) in [4.78, 5) is 0. The Morgan fingerprint density at radius 1 is 0.538 bits per heavy atom. The quantitative estimate of drug-likeness (QED) is 0.576. The summed E-state index contributed by atoms with van der Waals surface area (Å²) in [7, 11) is 0. The van der Waals surface area contributed by atoms with Crippen LogP contribution in [0.25, 0.3) is 0 Å². The summed E-state index contributed by atoms with van der Waals surface area (Å²) in [6.07, 6.45) is -6.58. The molecule has 2 rings (SSSR count). The Balaban J connectivity index is 2.79. The number of nitrogens with two attached hydrogens (primary N) is 2. The molecule has 2 aromatic carbocycles. The Hall–Kier alpha value is -2.52. The van der Waals surface area contributed by atoms with Gasteiger partial charge in [0.15, 0.2) is 0 Å². The van der Waals surface area contributed by atoms with Crippen LogP contribution in [0.1, 0.15) is 11.1 Å². The van der Waals surface area contributed by atoms with E-state index in [1.807, 2.05) is 0 Å². The van der Waals surface area contributed by atoms with Gasteiger partial charge in [0, 0.05) is 22.5 Å². The lowest BCUT2D eigenvalue weighted by Gasteiger charge is -2.40. The van der Waals surface area contributed by atoms with Gasteiger partial charge in [-0.25, -0.2) is 4.39 Å². The zero-order valence-electron chi connectivity index (χ0n) is 12.8. The molecule has 0 aromatic heterocycles. The molecule has 0 saturated heterocycles. The number of alkyl halides is 8. The third kappa shape index (κ3) is 2.82. The van der Waals surface area contributed by atoms with Crippen LogP contribution in [0.2, 0.25) is 0 Å². The van der Waals surface area contributed by atoms with Crippen molar-refractivity contribution < 1.29 is 35.1 Å². The molecule has 10 heteroatoms. The first-order valence-electron chi connectivity index (χ1n) is 6.98. The molecule has 1 atom stereocenters. The Labute approximate surface area is 142 Å². The van der Waals surface area contributed by atoms with Crippen LogP contribution in [0.3, 0.4) is 0 Å². The molecule has 0 aliphatic heterocycles. The highest BCUT2D eigenvalue weighted by Gasteiger charge is 2.80. The van der Waals surface area contributed by atoms with Crippen LogP contribution in [0.5, 0.6) is 0 Å². The largest absolute Gasteiger partial charge is 0.457 e. The van der Waals surface area contributed by atoms with Crippen molar-refractivity contribution in [2.75, 3.05) is 11.5 Å². The highest BCUT2D eigenvalue weighted by molar-refractivity contribution is 5.46. The van der Waals surface area contributed by atoms with E-state index >= 15 is 4.39 Å². The maximum absolute atomic E-state index is 15.2. The van der Waals surface area contributed by atoms with Crippen molar-refractivity contribution in [1.29, 1.82) is 0 Å². The molecule has 0 amide bonds. The van der Waals surface area contributed by atoms with E-state index in [4.69, 9.17) is 11.5 Å². The Morgan fingerprint density at radius 2 is 0.885 bits per heavy atom. The van der Waals surface area contributed by atoms with Gasteiger partial charge in [0.2, 0.25) is 0 Å². The molecule has 0 radical (unpaired) electrons. The van der Waals surface area contributed by atoms with Crippen molar-refractivity contribution in [3.8, 4) is 0 Å². The van der Waals surface area contributed by atoms with Gasteiger partial charge in [-0.15, -0.1) is 0 Å². The van der Waals surface area contributed by atoms with Gasteiger partial charge < -0.3 is 11.5 Å². The Bertz CT molecular complexity index is 768. The standard InChI is InChI=1S/C16H12F8N2/c17-13(15(20,21)16(22,23)24,9-1-5-11(25)6-2-9)14(18,19)10-3-7-12(26)8-4-10/h1-8H,25-26H2. The fourth-order valence-electron chi connectivity index (χ4n) is 2.36. The molecule has 0 saturated carbocycles. The SMILES string of the molecule is Nc1ccc(C(F)(F)C(F)(c2ccc(N)cc2)C(F)(F)C(F)(F)F)cc1. The first-order chi connectivity index (χ1) is 11.7. The van der Waals surface area contributed by atoms with Crippen molar-refractivity contribution in [3.63, 3.8) is 0 Å². The molecule has 0 aliphatic carbocycles. The van der Waals surface area contributed by atoms with E-state index in [9.17, 15) is 30.7 Å². The lowest BCUT2D eigenvalue weighted by molar-refractivity contribution is -0.370. The average Bonchev–Trinajstić information content (AvgIpc) is 2.53. The Morgan fingerprint density at radius 3 is 1.23 bits per heavy atom. The Kier molecular flexibility index (Phi) is 4.59. The molecule has 26 heavy (non-hydrogen) atoms. The minimum atomic E-state index is -6.58. The monoisotopic (exact) mass is 384 g/mol. The van der Waals surface area contributed by atoms with E-state index < -0.39 is 34.8 Å². The minimum absolute atomic E-state index is 0.0657. The molecule has 142 valence electrons. The minimum Gasteiger partial charge on any atom is -0.399 e. The van der Waals surface area contributed by atoms with E-state index in [1.54, 1.807) is 0 Å². The summed E-state index contributed by atoms with van der Waals surface area (Å²) in [5.74, 6) is -11.7. The molecule has 2 nitrogen and oxygen atoms in total. The molecular formula is C16H12F8N2. The van der Waals surface area contributed by atoms with E-state index in [0.717, 1.165) is 24.3 Å². The fourth-order valence-corrected chi connectivity index (χ4v) is 2.36. The number of anilines is 2. The number of benzene rings is 2. The molecular weight excluding hydrogens is 372 g/mol. The number of hydrogen-bond donors (Lipinski definition) is 2. The van der Waals surface area contributed by atoms with Crippen LogP contribution in [0.15, 0.2) is 48.5 Å². The second-order valence-electron chi connectivity index (χ2n) is 5.55. The molecule has 2 aromatic rings. The van der Waals surface area contributed by atoms with Crippen molar-refractivity contribution in [2.45, 2.75) is 23.7 Å². The first-order valence-corrected chi connectivity index (χ1v) is 6.98. The van der Waals surface area contributed by atoms with Crippen LogP contribution in [-0.2, 0) is 11.6 Å². The zero-order valence-corrected chi connectivity index (χ0v) is 12.8. The summed E-state index contributed by atoms with van der Waals surface area (Å²) < 4.78 is 111. The van der Waals surface area contributed by atoms with Gasteiger partial charge in [0.05, 0.1) is 0 Å². The predicted molar refractivity (Wildman–Crippen MR) is 79.4 cm³/mol. The number of halogens is 8. The van der Waals surface area contributed by atoms with Crippen LogP contribution in [0, 0.1) is 0 Å². The summed E-state index contributed by atoms with van der Waals surface area (Å²) in [6.45, 7) is 0. The first kappa shape index (κ1) is 19.8. The van der Waals surface area contributed by atoms with Crippen LogP contribution in [0.4, 0.5) is 46.5 Å². The molecule has 1 unspecified atom stereocenters. The normalized spacial score (nSPS) is 15.5. The number of rotatable bonds is 4. The van der Waals surface area contributed by atoms with E-state index in [2.05, 4.69) is 0 Å². The van der Waals surface area contributed by atoms with Crippen LogP contribution < -0.4 is 11.5 Å². The average molecular weight is 384 g/mol. The van der Waals surface area contributed by atoms with E-state index in [0.29, 0.717) is 24.3 Å². The topological polar surface area (TPSA) is 52.0 Å². The summed E-state index contributed by atoms with van der Waals surface area (Å²) in [5, 5.41) is 0. The lowest BCUT2D eigenvalue weighted by Crippen LogP contribution is -2.60. The van der Waals surface area contributed by atoms with Gasteiger partial charge in [0.25, 0.3) is 5.67 Å². The summed E-state index contributed by atoms with van der Waals surface area (Å²) in [5.41, 5.74) is 1.95.